The van der Waals surface area contributed by atoms with Gasteiger partial charge in [0.05, 0.1) is 11.8 Å². The first-order chi connectivity index (χ1) is 9.24. The van der Waals surface area contributed by atoms with Crippen molar-refractivity contribution in [1.82, 2.24) is 5.43 Å². The van der Waals surface area contributed by atoms with Crippen molar-refractivity contribution in [2.24, 2.45) is 5.10 Å². The number of hydrazone groups is 1. The van der Waals surface area contributed by atoms with Gasteiger partial charge in [0.15, 0.2) is 0 Å². The summed E-state index contributed by atoms with van der Waals surface area (Å²) >= 11 is 5.88. The average molecular weight is 273 g/mol. The van der Waals surface area contributed by atoms with E-state index >= 15 is 0 Å². The standard InChI is InChI=1S/C15H13ClN2O/c16-11-7-5-10(6-8-11)13-9-14(18-17-13)12-3-1-2-4-15(12)19/h1-8,14,18-19H,9H2. The Morgan fingerprint density at radius 1 is 1.11 bits per heavy atom. The molecule has 2 aromatic carbocycles. The molecule has 2 aromatic rings. The lowest BCUT2D eigenvalue weighted by molar-refractivity contribution is 0.455. The maximum Gasteiger partial charge on any atom is 0.120 e. The van der Waals surface area contributed by atoms with Crippen LogP contribution in [0.25, 0.3) is 0 Å². The van der Waals surface area contributed by atoms with Crippen molar-refractivity contribution in [1.29, 1.82) is 0 Å². The molecule has 0 bridgehead atoms. The molecule has 0 amide bonds. The summed E-state index contributed by atoms with van der Waals surface area (Å²) < 4.78 is 0. The van der Waals surface area contributed by atoms with Crippen LogP contribution < -0.4 is 5.43 Å². The summed E-state index contributed by atoms with van der Waals surface area (Å²) in [5.74, 6) is 0.299. The maximum absolute atomic E-state index is 9.86. The van der Waals surface area contributed by atoms with E-state index in [9.17, 15) is 5.11 Å². The van der Waals surface area contributed by atoms with Crippen LogP contribution >= 0.6 is 11.6 Å². The van der Waals surface area contributed by atoms with E-state index in [1.807, 2.05) is 42.5 Å². The Kier molecular flexibility index (Phi) is 3.13. The second kappa shape index (κ2) is 4.94. The molecule has 2 N–H and O–H groups in total. The first-order valence-electron chi connectivity index (χ1n) is 6.10. The van der Waals surface area contributed by atoms with E-state index in [0.717, 1.165) is 23.3 Å². The van der Waals surface area contributed by atoms with Crippen molar-refractivity contribution >= 4 is 17.3 Å². The van der Waals surface area contributed by atoms with Crippen molar-refractivity contribution in [3.63, 3.8) is 0 Å². The minimum Gasteiger partial charge on any atom is -0.508 e. The Balaban J connectivity index is 1.80. The van der Waals surface area contributed by atoms with Crippen LogP contribution in [0.4, 0.5) is 0 Å². The van der Waals surface area contributed by atoms with Gasteiger partial charge in [-0.2, -0.15) is 5.10 Å². The number of phenols is 1. The lowest BCUT2D eigenvalue weighted by atomic mass is 9.98. The number of para-hydroxylation sites is 1. The average Bonchev–Trinajstić information content (AvgIpc) is 2.89. The highest BCUT2D eigenvalue weighted by Gasteiger charge is 2.23. The van der Waals surface area contributed by atoms with Gasteiger partial charge in [-0.3, -0.25) is 0 Å². The van der Waals surface area contributed by atoms with Crippen LogP contribution in [0.15, 0.2) is 53.6 Å². The van der Waals surface area contributed by atoms with Gasteiger partial charge in [0.2, 0.25) is 0 Å². The zero-order chi connectivity index (χ0) is 13.2. The molecule has 1 aliphatic heterocycles. The maximum atomic E-state index is 9.86. The van der Waals surface area contributed by atoms with Gasteiger partial charge in [0.25, 0.3) is 0 Å². The molecule has 1 atom stereocenters. The van der Waals surface area contributed by atoms with Crippen LogP contribution in [-0.2, 0) is 0 Å². The van der Waals surface area contributed by atoms with Crippen molar-refractivity contribution in [2.75, 3.05) is 0 Å². The molecular formula is C15H13ClN2O. The Morgan fingerprint density at radius 2 is 1.84 bits per heavy atom. The second-order valence-corrected chi connectivity index (χ2v) is 4.95. The molecule has 0 fully saturated rings. The first-order valence-corrected chi connectivity index (χ1v) is 6.48. The van der Waals surface area contributed by atoms with Crippen LogP contribution in [0.3, 0.4) is 0 Å². The predicted octanol–water partition coefficient (Wildman–Crippen LogP) is 3.48. The van der Waals surface area contributed by atoms with E-state index in [1.165, 1.54) is 0 Å². The van der Waals surface area contributed by atoms with Gasteiger partial charge < -0.3 is 10.5 Å². The van der Waals surface area contributed by atoms with Crippen LogP contribution in [0.1, 0.15) is 23.6 Å². The fourth-order valence-corrected chi connectivity index (χ4v) is 2.35. The van der Waals surface area contributed by atoms with Gasteiger partial charge in [-0.1, -0.05) is 41.9 Å². The van der Waals surface area contributed by atoms with E-state index in [-0.39, 0.29) is 6.04 Å². The monoisotopic (exact) mass is 272 g/mol. The third kappa shape index (κ3) is 2.42. The number of hydrogen-bond acceptors (Lipinski definition) is 3. The number of nitrogens with zero attached hydrogens (tertiary/aromatic N) is 1. The topological polar surface area (TPSA) is 44.6 Å². The minimum atomic E-state index is 0.0203. The molecule has 0 spiro atoms. The molecule has 3 rings (SSSR count). The zero-order valence-electron chi connectivity index (χ0n) is 10.2. The van der Waals surface area contributed by atoms with E-state index in [4.69, 9.17) is 11.6 Å². The number of nitrogens with one attached hydrogen (secondary N) is 1. The van der Waals surface area contributed by atoms with E-state index in [1.54, 1.807) is 6.07 Å². The molecule has 1 aliphatic rings. The quantitative estimate of drug-likeness (QED) is 0.879. The molecule has 4 heteroatoms. The van der Waals surface area contributed by atoms with E-state index in [0.29, 0.717) is 10.8 Å². The molecule has 0 aliphatic carbocycles. The lowest BCUT2D eigenvalue weighted by Gasteiger charge is -2.11. The first kappa shape index (κ1) is 12.1. The largest absolute Gasteiger partial charge is 0.508 e. The number of phenolic OH excluding ortho intramolecular Hbond substituents is 1. The van der Waals surface area contributed by atoms with Crippen LogP contribution in [0.5, 0.6) is 5.75 Å². The summed E-state index contributed by atoms with van der Waals surface area (Å²) in [5, 5.41) is 14.9. The summed E-state index contributed by atoms with van der Waals surface area (Å²) in [4.78, 5) is 0. The minimum absolute atomic E-state index is 0.0203. The molecule has 3 nitrogen and oxygen atoms in total. The predicted molar refractivity (Wildman–Crippen MR) is 76.6 cm³/mol. The van der Waals surface area contributed by atoms with Gasteiger partial charge in [-0.15, -0.1) is 0 Å². The van der Waals surface area contributed by atoms with Crippen LogP contribution in [0, 0.1) is 0 Å². The smallest absolute Gasteiger partial charge is 0.120 e. The van der Waals surface area contributed by atoms with Crippen molar-refractivity contribution in [2.45, 2.75) is 12.5 Å². The van der Waals surface area contributed by atoms with E-state index in [2.05, 4.69) is 10.5 Å². The number of aromatic hydroxyl groups is 1. The van der Waals surface area contributed by atoms with Gasteiger partial charge in [-0.25, -0.2) is 0 Å². The third-order valence-electron chi connectivity index (χ3n) is 3.24. The van der Waals surface area contributed by atoms with Crippen molar-refractivity contribution in [3.05, 3.63) is 64.7 Å². The molecule has 0 saturated carbocycles. The van der Waals surface area contributed by atoms with E-state index < -0.39 is 0 Å². The SMILES string of the molecule is Oc1ccccc1C1CC(c2ccc(Cl)cc2)=NN1. The summed E-state index contributed by atoms with van der Waals surface area (Å²) in [6.45, 7) is 0. The third-order valence-corrected chi connectivity index (χ3v) is 3.49. The molecule has 0 saturated heterocycles. The number of benzene rings is 2. The normalized spacial score (nSPS) is 17.9. The Hall–Kier alpha value is -2.00. The molecule has 1 heterocycles. The van der Waals surface area contributed by atoms with Gasteiger partial charge in [0.1, 0.15) is 5.75 Å². The number of hydrogen-bond donors (Lipinski definition) is 2. The highest BCUT2D eigenvalue weighted by atomic mass is 35.5. The fourth-order valence-electron chi connectivity index (χ4n) is 2.23. The molecule has 1 unspecified atom stereocenters. The highest BCUT2D eigenvalue weighted by molar-refractivity contribution is 6.30. The van der Waals surface area contributed by atoms with Gasteiger partial charge >= 0.3 is 0 Å². The molecular weight excluding hydrogens is 260 g/mol. The van der Waals surface area contributed by atoms with Gasteiger partial charge in [0, 0.05) is 17.0 Å². The highest BCUT2D eigenvalue weighted by Crippen LogP contribution is 2.30. The molecule has 0 aromatic heterocycles. The van der Waals surface area contributed by atoms with Crippen LogP contribution in [-0.4, -0.2) is 10.8 Å². The fraction of sp³-hybridized carbons (Fsp3) is 0.133. The Bertz CT molecular complexity index is 622. The lowest BCUT2D eigenvalue weighted by Crippen LogP contribution is -2.09. The second-order valence-electron chi connectivity index (χ2n) is 4.51. The Labute approximate surface area is 116 Å². The molecule has 19 heavy (non-hydrogen) atoms. The summed E-state index contributed by atoms with van der Waals surface area (Å²) in [6.07, 6.45) is 0.749. The van der Waals surface area contributed by atoms with Crippen LogP contribution in [0.2, 0.25) is 5.02 Å². The number of halogens is 1. The van der Waals surface area contributed by atoms with Crippen molar-refractivity contribution < 1.29 is 5.11 Å². The number of rotatable bonds is 2. The Morgan fingerprint density at radius 3 is 2.58 bits per heavy atom. The summed E-state index contributed by atoms with van der Waals surface area (Å²) in [6, 6.07) is 15.0. The molecule has 96 valence electrons. The zero-order valence-corrected chi connectivity index (χ0v) is 10.9. The van der Waals surface area contributed by atoms with Crippen molar-refractivity contribution in [3.8, 4) is 5.75 Å². The molecule has 0 radical (unpaired) electrons. The summed E-state index contributed by atoms with van der Waals surface area (Å²) in [7, 11) is 0. The summed E-state index contributed by atoms with van der Waals surface area (Å²) in [5.41, 5.74) is 5.97. The van der Waals surface area contributed by atoms with Gasteiger partial charge in [-0.05, 0) is 23.8 Å².